The van der Waals surface area contributed by atoms with Crippen LogP contribution < -0.4 is 0 Å². The van der Waals surface area contributed by atoms with Gasteiger partial charge < -0.3 is 10.2 Å². The van der Waals surface area contributed by atoms with Crippen LogP contribution in [0.5, 0.6) is 5.75 Å². The molecule has 0 amide bonds. The number of halogens is 3. The Bertz CT molecular complexity index is 1300. The van der Waals surface area contributed by atoms with E-state index in [-0.39, 0.29) is 17.6 Å². The fraction of sp³-hybridized carbons (Fsp3) is 0.657. The molecule has 8 atom stereocenters. The van der Waals surface area contributed by atoms with Crippen LogP contribution in [-0.4, -0.2) is 50.3 Å². The van der Waals surface area contributed by atoms with Crippen LogP contribution >= 0.6 is 0 Å². The molecule has 4 aliphatic rings. The van der Waals surface area contributed by atoms with E-state index in [0.717, 1.165) is 95.9 Å². The Morgan fingerprint density at radius 2 is 1.81 bits per heavy atom. The minimum absolute atomic E-state index is 0.00570. The maximum Gasteiger partial charge on any atom is 0.416 e. The lowest BCUT2D eigenvalue weighted by Crippen LogP contribution is -2.47. The van der Waals surface area contributed by atoms with Crippen molar-refractivity contribution in [3.8, 4) is 5.75 Å². The zero-order chi connectivity index (χ0) is 30.4. The number of aliphatic hydroxyl groups is 1. The van der Waals surface area contributed by atoms with Gasteiger partial charge in [-0.15, -0.1) is 0 Å². The van der Waals surface area contributed by atoms with Gasteiger partial charge in [0.25, 0.3) is 0 Å². The summed E-state index contributed by atoms with van der Waals surface area (Å²) in [5.41, 5.74) is 2.04. The standard InChI is InChI=1S/C35H46F3NO3S/c1-34-21-24(33-29-15-11-27(40)20-23(29)8-14-30(33)31(34)16-17-32(34)41)6-3-2-4-18-39-19-5-7-26(39)22-43(42)28-12-9-25(10-13-28)35(36,37)38/h9-13,15,20,24,26,30-33,40-41H,2-8,14,16-19,21-22H2,1H3/t24-,26?,30?,31?,32?,33?,34?,43?/m0/s1. The summed E-state index contributed by atoms with van der Waals surface area (Å²) in [5.74, 6) is 3.05. The predicted octanol–water partition coefficient (Wildman–Crippen LogP) is 7.69. The van der Waals surface area contributed by atoms with Gasteiger partial charge in [-0.1, -0.05) is 25.8 Å². The Labute approximate surface area is 256 Å². The van der Waals surface area contributed by atoms with E-state index in [9.17, 15) is 27.6 Å². The van der Waals surface area contributed by atoms with E-state index < -0.39 is 22.5 Å². The summed E-state index contributed by atoms with van der Waals surface area (Å²) in [7, 11) is -1.32. The molecule has 7 unspecified atom stereocenters. The third kappa shape index (κ3) is 6.30. The molecule has 2 saturated carbocycles. The molecule has 8 heteroatoms. The van der Waals surface area contributed by atoms with Gasteiger partial charge in [0.2, 0.25) is 0 Å². The molecule has 0 bridgehead atoms. The Balaban J connectivity index is 1.03. The number of rotatable bonds is 9. The van der Waals surface area contributed by atoms with Crippen LogP contribution in [0.4, 0.5) is 13.2 Å². The highest BCUT2D eigenvalue weighted by molar-refractivity contribution is 7.85. The third-order valence-electron chi connectivity index (χ3n) is 11.6. The summed E-state index contributed by atoms with van der Waals surface area (Å²) in [6, 6.07) is 11.0. The van der Waals surface area contributed by atoms with Crippen LogP contribution in [0.25, 0.3) is 0 Å². The van der Waals surface area contributed by atoms with Gasteiger partial charge >= 0.3 is 6.18 Å². The first-order chi connectivity index (χ1) is 20.5. The summed E-state index contributed by atoms with van der Waals surface area (Å²) in [6.07, 6.45) is 7.24. The Morgan fingerprint density at radius 1 is 1.02 bits per heavy atom. The summed E-state index contributed by atoms with van der Waals surface area (Å²) in [6.45, 7) is 4.29. The predicted molar refractivity (Wildman–Crippen MR) is 163 cm³/mol. The molecule has 3 fully saturated rings. The largest absolute Gasteiger partial charge is 0.508 e. The quantitative estimate of drug-likeness (QED) is 0.283. The minimum Gasteiger partial charge on any atom is -0.508 e. The van der Waals surface area contributed by atoms with Gasteiger partial charge in [0.15, 0.2) is 0 Å². The number of likely N-dealkylation sites (tertiary alicyclic amines) is 1. The van der Waals surface area contributed by atoms with Crippen LogP contribution in [0.1, 0.15) is 93.7 Å². The highest BCUT2D eigenvalue weighted by Gasteiger charge is 2.57. The summed E-state index contributed by atoms with van der Waals surface area (Å²) in [5, 5.41) is 21.2. The molecule has 0 spiro atoms. The zero-order valence-corrected chi connectivity index (χ0v) is 26.0. The molecule has 0 aromatic heterocycles. The van der Waals surface area contributed by atoms with Gasteiger partial charge in [0.05, 0.1) is 22.5 Å². The fourth-order valence-corrected chi connectivity index (χ4v) is 10.8. The van der Waals surface area contributed by atoms with Gasteiger partial charge in [0.1, 0.15) is 5.75 Å². The lowest BCUT2D eigenvalue weighted by atomic mass is 9.51. The van der Waals surface area contributed by atoms with Crippen molar-refractivity contribution in [2.45, 2.75) is 107 Å². The van der Waals surface area contributed by atoms with Gasteiger partial charge in [-0.2, -0.15) is 13.2 Å². The van der Waals surface area contributed by atoms with Crippen molar-refractivity contribution in [3.63, 3.8) is 0 Å². The molecular weight excluding hydrogens is 571 g/mol. The first-order valence-corrected chi connectivity index (χ1v) is 17.7. The monoisotopic (exact) mass is 617 g/mol. The SMILES string of the molecule is CC12C[C@H](CCCCCN3CCCC3CS(=O)c3ccc(C(F)(F)F)cc3)C3c4ccc(O)cc4CCC3C1CCC2O. The number of nitrogens with zero attached hydrogens (tertiary/aromatic N) is 1. The smallest absolute Gasteiger partial charge is 0.416 e. The number of benzene rings is 2. The average Bonchev–Trinajstić information content (AvgIpc) is 3.54. The molecule has 6 rings (SSSR count). The normalized spacial score (nSPS) is 33.1. The van der Waals surface area contributed by atoms with Gasteiger partial charge in [0, 0.05) is 16.7 Å². The Morgan fingerprint density at radius 3 is 2.58 bits per heavy atom. The third-order valence-corrected chi connectivity index (χ3v) is 13.1. The lowest BCUT2D eigenvalue weighted by molar-refractivity contribution is -0.137. The van der Waals surface area contributed by atoms with Crippen LogP contribution in [-0.2, 0) is 23.4 Å². The number of aliphatic hydroxyl groups excluding tert-OH is 1. The zero-order valence-electron chi connectivity index (χ0n) is 25.2. The van der Waals surface area contributed by atoms with Crippen LogP contribution in [0.2, 0.25) is 0 Å². The van der Waals surface area contributed by atoms with E-state index in [1.54, 1.807) is 0 Å². The number of phenols is 1. The second kappa shape index (κ2) is 12.5. The molecule has 1 aliphatic heterocycles. The van der Waals surface area contributed by atoms with E-state index in [2.05, 4.69) is 17.9 Å². The van der Waals surface area contributed by atoms with Crippen molar-refractivity contribution < 1.29 is 27.6 Å². The molecule has 1 heterocycles. The topological polar surface area (TPSA) is 60.8 Å². The van der Waals surface area contributed by atoms with Crippen LogP contribution in [0, 0.1) is 23.2 Å². The van der Waals surface area contributed by atoms with Gasteiger partial charge in [-0.25, -0.2) is 0 Å². The van der Waals surface area contributed by atoms with E-state index in [1.165, 1.54) is 23.3 Å². The molecule has 2 aromatic rings. The molecule has 3 aliphatic carbocycles. The van der Waals surface area contributed by atoms with Crippen molar-refractivity contribution in [1.29, 1.82) is 0 Å². The molecule has 43 heavy (non-hydrogen) atoms. The summed E-state index contributed by atoms with van der Waals surface area (Å²) in [4.78, 5) is 2.90. The van der Waals surface area contributed by atoms with Crippen molar-refractivity contribution in [2.75, 3.05) is 18.8 Å². The number of phenolic OH excluding ortho intramolecular Hbond substituents is 1. The second-order valence-corrected chi connectivity index (χ2v) is 15.5. The number of unbranched alkanes of at least 4 members (excludes halogenated alkanes) is 2. The highest BCUT2D eigenvalue weighted by Crippen LogP contribution is 2.63. The van der Waals surface area contributed by atoms with Crippen molar-refractivity contribution in [1.82, 2.24) is 4.90 Å². The van der Waals surface area contributed by atoms with Crippen LogP contribution in [0.15, 0.2) is 47.4 Å². The highest BCUT2D eigenvalue weighted by atomic mass is 32.2. The maximum atomic E-state index is 13.0. The summed E-state index contributed by atoms with van der Waals surface area (Å²) < 4.78 is 51.7. The van der Waals surface area contributed by atoms with E-state index >= 15 is 0 Å². The number of aryl methyl sites for hydroxylation is 1. The number of hydrogen-bond acceptors (Lipinski definition) is 4. The Kier molecular flexibility index (Phi) is 9.02. The molecule has 0 radical (unpaired) electrons. The van der Waals surface area contributed by atoms with Crippen molar-refractivity contribution in [2.24, 2.45) is 23.2 Å². The van der Waals surface area contributed by atoms with Gasteiger partial charge in [-0.05, 0) is 147 Å². The molecular formula is C35H46F3NO3S. The number of aromatic hydroxyl groups is 1. The number of alkyl halides is 3. The van der Waals surface area contributed by atoms with E-state index in [0.29, 0.717) is 40.1 Å². The van der Waals surface area contributed by atoms with Crippen LogP contribution in [0.3, 0.4) is 0 Å². The summed E-state index contributed by atoms with van der Waals surface area (Å²) >= 11 is 0. The molecule has 2 aromatic carbocycles. The minimum atomic E-state index is -4.38. The Hall–Kier alpha value is -1.90. The van der Waals surface area contributed by atoms with E-state index in [1.807, 2.05) is 12.1 Å². The van der Waals surface area contributed by atoms with Crippen molar-refractivity contribution >= 4 is 10.8 Å². The maximum absolute atomic E-state index is 13.0. The van der Waals surface area contributed by atoms with Gasteiger partial charge in [-0.3, -0.25) is 9.11 Å². The fourth-order valence-electron chi connectivity index (χ4n) is 9.47. The first-order valence-electron chi connectivity index (χ1n) is 16.3. The second-order valence-electron chi connectivity index (χ2n) is 14.0. The lowest BCUT2D eigenvalue weighted by Gasteiger charge is -2.54. The molecule has 4 nitrogen and oxygen atoms in total. The average molecular weight is 618 g/mol. The molecule has 236 valence electrons. The molecule has 2 N–H and O–H groups in total. The van der Waals surface area contributed by atoms with Crippen molar-refractivity contribution in [3.05, 3.63) is 59.2 Å². The number of hydrogen-bond donors (Lipinski definition) is 2. The molecule has 1 saturated heterocycles. The van der Waals surface area contributed by atoms with E-state index in [4.69, 9.17) is 0 Å². The first kappa shape index (κ1) is 31.1. The number of fused-ring (bicyclic) bond motifs is 5.